The van der Waals surface area contributed by atoms with Crippen LogP contribution in [0.3, 0.4) is 0 Å². The average molecular weight is 355 g/mol. The number of hydrogen-bond donors (Lipinski definition) is 0. The number of nitrogens with zero attached hydrogens (tertiary/aromatic N) is 3. The van der Waals surface area contributed by atoms with Crippen LogP contribution in [-0.4, -0.2) is 33.6 Å². The van der Waals surface area contributed by atoms with Gasteiger partial charge in [0.05, 0.1) is 11.0 Å². The molecule has 0 N–H and O–H groups in total. The normalized spacial score (nSPS) is 19.7. The minimum absolute atomic E-state index is 0.830. The highest BCUT2D eigenvalue weighted by molar-refractivity contribution is 5.83. The highest BCUT2D eigenvalue weighted by Crippen LogP contribution is 2.31. The molecule has 2 aromatic carbocycles. The number of allylic oxidation sites excluding steroid dienone is 1. The Kier molecular flexibility index (Phi) is 3.51. The summed E-state index contributed by atoms with van der Waals surface area (Å²) in [5, 5.41) is 0. The molecule has 0 saturated heterocycles. The maximum atomic E-state index is 4.97. The van der Waals surface area contributed by atoms with Crippen LogP contribution < -0.4 is 0 Å². The van der Waals surface area contributed by atoms with E-state index < -0.39 is 0 Å². The van der Waals surface area contributed by atoms with E-state index in [1.807, 2.05) is 0 Å². The zero-order valence-corrected chi connectivity index (χ0v) is 15.7. The third kappa shape index (κ3) is 2.56. The van der Waals surface area contributed by atoms with Gasteiger partial charge in [0.1, 0.15) is 5.82 Å². The van der Waals surface area contributed by atoms with Crippen molar-refractivity contribution in [1.82, 2.24) is 14.5 Å². The predicted octanol–water partition coefficient (Wildman–Crippen LogP) is 4.68. The van der Waals surface area contributed by atoms with E-state index in [4.69, 9.17) is 4.98 Å². The van der Waals surface area contributed by atoms with Crippen LogP contribution in [0.1, 0.15) is 36.2 Å². The van der Waals surface area contributed by atoms with Crippen molar-refractivity contribution in [3.63, 3.8) is 0 Å². The molecule has 2 aliphatic carbocycles. The van der Waals surface area contributed by atoms with Gasteiger partial charge in [-0.05, 0) is 59.7 Å². The summed E-state index contributed by atoms with van der Waals surface area (Å²) in [5.41, 5.74) is 7.86. The van der Waals surface area contributed by atoms with Crippen LogP contribution in [-0.2, 0) is 19.4 Å². The molecule has 136 valence electrons. The van der Waals surface area contributed by atoms with Crippen molar-refractivity contribution in [3.05, 3.63) is 59.4 Å². The van der Waals surface area contributed by atoms with Gasteiger partial charge in [0.15, 0.2) is 0 Å². The SMILES string of the molecule is C1=Cc2cc(-c3ccc4nc5n(c4c3)CCN(C3CCC3)CC5)ccc2C1. The van der Waals surface area contributed by atoms with Crippen LogP contribution >= 0.6 is 0 Å². The van der Waals surface area contributed by atoms with E-state index in [2.05, 4.69) is 58.0 Å². The predicted molar refractivity (Wildman–Crippen MR) is 111 cm³/mol. The number of hydrogen-bond acceptors (Lipinski definition) is 2. The molecule has 3 nitrogen and oxygen atoms in total. The molecule has 6 rings (SSSR count). The van der Waals surface area contributed by atoms with Crippen molar-refractivity contribution < 1.29 is 0 Å². The van der Waals surface area contributed by atoms with Gasteiger partial charge in [-0.25, -0.2) is 4.98 Å². The Morgan fingerprint density at radius 2 is 1.81 bits per heavy atom. The molecule has 3 aromatic rings. The molecular weight excluding hydrogens is 330 g/mol. The Labute approximate surface area is 160 Å². The van der Waals surface area contributed by atoms with Crippen LogP contribution in [0.4, 0.5) is 0 Å². The summed E-state index contributed by atoms with van der Waals surface area (Å²) >= 11 is 0. The lowest BCUT2D eigenvalue weighted by Crippen LogP contribution is -2.41. The van der Waals surface area contributed by atoms with E-state index in [0.29, 0.717) is 0 Å². The zero-order valence-electron chi connectivity index (χ0n) is 15.7. The molecule has 0 radical (unpaired) electrons. The average Bonchev–Trinajstić information content (AvgIpc) is 3.20. The number of fused-ring (bicyclic) bond motifs is 4. The van der Waals surface area contributed by atoms with Crippen LogP contribution in [0.2, 0.25) is 0 Å². The molecule has 3 aliphatic rings. The first-order valence-electron chi connectivity index (χ1n) is 10.4. The second kappa shape index (κ2) is 6.07. The second-order valence-corrected chi connectivity index (χ2v) is 8.27. The third-order valence-electron chi connectivity index (χ3n) is 6.77. The van der Waals surface area contributed by atoms with Gasteiger partial charge in [-0.2, -0.15) is 0 Å². The van der Waals surface area contributed by atoms with E-state index >= 15 is 0 Å². The fourth-order valence-electron chi connectivity index (χ4n) is 4.92. The first-order chi connectivity index (χ1) is 13.3. The van der Waals surface area contributed by atoms with Crippen molar-refractivity contribution in [1.29, 1.82) is 0 Å². The molecule has 0 atom stereocenters. The highest BCUT2D eigenvalue weighted by Gasteiger charge is 2.27. The van der Waals surface area contributed by atoms with Gasteiger partial charge < -0.3 is 4.57 Å². The number of rotatable bonds is 2. The number of aromatic nitrogens is 2. The second-order valence-electron chi connectivity index (χ2n) is 8.27. The molecule has 1 aromatic heterocycles. The quantitative estimate of drug-likeness (QED) is 0.665. The first kappa shape index (κ1) is 15.6. The van der Waals surface area contributed by atoms with Crippen LogP contribution in [0.5, 0.6) is 0 Å². The van der Waals surface area contributed by atoms with Crippen molar-refractivity contribution in [2.45, 2.75) is 44.7 Å². The van der Waals surface area contributed by atoms with Gasteiger partial charge in [0.2, 0.25) is 0 Å². The van der Waals surface area contributed by atoms with E-state index in [9.17, 15) is 0 Å². The molecule has 27 heavy (non-hydrogen) atoms. The Bertz CT molecular complexity index is 1050. The molecule has 1 saturated carbocycles. The fourth-order valence-corrected chi connectivity index (χ4v) is 4.92. The minimum atomic E-state index is 0.830. The monoisotopic (exact) mass is 355 g/mol. The standard InChI is InChI=1S/C24H25N3/c1-3-17-7-8-19(15-18(17)4-1)20-9-10-22-23(16-20)27-14-13-26(21-5-2-6-21)12-11-24(27)25-22/h1,4,7-10,15-16,21H,2-3,5-6,11-14H2. The van der Waals surface area contributed by atoms with Gasteiger partial charge >= 0.3 is 0 Å². The van der Waals surface area contributed by atoms with E-state index in [0.717, 1.165) is 44.0 Å². The third-order valence-corrected chi connectivity index (χ3v) is 6.77. The molecule has 0 amide bonds. The Hall–Kier alpha value is -2.39. The molecule has 3 heteroatoms. The van der Waals surface area contributed by atoms with Crippen LogP contribution in [0.15, 0.2) is 42.5 Å². The molecule has 1 fully saturated rings. The van der Waals surface area contributed by atoms with Crippen molar-refractivity contribution in [2.75, 3.05) is 13.1 Å². The summed E-state index contributed by atoms with van der Waals surface area (Å²) in [6.07, 6.45) is 10.8. The topological polar surface area (TPSA) is 21.1 Å². The highest BCUT2D eigenvalue weighted by atomic mass is 15.2. The maximum Gasteiger partial charge on any atom is 0.111 e. The summed E-state index contributed by atoms with van der Waals surface area (Å²) in [7, 11) is 0. The van der Waals surface area contributed by atoms with E-state index in [-0.39, 0.29) is 0 Å². The Balaban J connectivity index is 1.37. The summed E-state index contributed by atoms with van der Waals surface area (Å²) in [4.78, 5) is 7.66. The number of benzene rings is 2. The smallest absolute Gasteiger partial charge is 0.111 e. The van der Waals surface area contributed by atoms with Gasteiger partial charge in [-0.3, -0.25) is 4.90 Å². The number of imidazole rings is 1. The van der Waals surface area contributed by atoms with E-state index in [1.54, 1.807) is 0 Å². The fraction of sp³-hybridized carbons (Fsp3) is 0.375. The molecule has 2 heterocycles. The molecule has 0 spiro atoms. The lowest BCUT2D eigenvalue weighted by Gasteiger charge is -2.36. The minimum Gasteiger partial charge on any atom is -0.327 e. The van der Waals surface area contributed by atoms with Crippen molar-refractivity contribution in [3.8, 4) is 11.1 Å². The molecule has 0 bridgehead atoms. The molecule has 1 aliphatic heterocycles. The lowest BCUT2D eigenvalue weighted by molar-refractivity contribution is 0.130. The van der Waals surface area contributed by atoms with Crippen LogP contribution in [0, 0.1) is 0 Å². The Morgan fingerprint density at radius 1 is 0.926 bits per heavy atom. The summed E-state index contributed by atoms with van der Waals surface area (Å²) < 4.78 is 2.48. The summed E-state index contributed by atoms with van der Waals surface area (Å²) in [6, 6.07) is 14.5. The van der Waals surface area contributed by atoms with Crippen molar-refractivity contribution >= 4 is 17.1 Å². The first-order valence-corrected chi connectivity index (χ1v) is 10.4. The van der Waals surface area contributed by atoms with Gasteiger partial charge in [-0.1, -0.05) is 36.8 Å². The zero-order chi connectivity index (χ0) is 17.8. The largest absolute Gasteiger partial charge is 0.327 e. The molecular formula is C24H25N3. The van der Waals surface area contributed by atoms with E-state index in [1.165, 1.54) is 52.9 Å². The molecule has 0 unspecified atom stereocenters. The van der Waals surface area contributed by atoms with Crippen molar-refractivity contribution in [2.24, 2.45) is 0 Å². The maximum absolute atomic E-state index is 4.97. The van der Waals surface area contributed by atoms with Gasteiger partial charge in [0.25, 0.3) is 0 Å². The summed E-state index contributed by atoms with van der Waals surface area (Å²) in [5.74, 6) is 1.26. The van der Waals surface area contributed by atoms with Gasteiger partial charge in [0, 0.05) is 32.1 Å². The van der Waals surface area contributed by atoms with Gasteiger partial charge in [-0.15, -0.1) is 0 Å². The van der Waals surface area contributed by atoms with Crippen LogP contribution in [0.25, 0.3) is 28.2 Å². The summed E-state index contributed by atoms with van der Waals surface area (Å²) in [6.45, 7) is 3.40. The Morgan fingerprint density at radius 3 is 2.70 bits per heavy atom. The lowest BCUT2D eigenvalue weighted by atomic mass is 9.91.